The standard InChI is InChI=1S/C14H19N3O2/c1-3-15-10-5-4-6-11(9-10)17(2)12-7-8-13(18)16-14(12)19/h4-6,9,12,15H,3,7-8H2,1-2H3,(H,16,18,19). The third-order valence-corrected chi connectivity index (χ3v) is 3.31. The summed E-state index contributed by atoms with van der Waals surface area (Å²) in [7, 11) is 1.88. The van der Waals surface area contributed by atoms with Crippen molar-refractivity contribution < 1.29 is 9.59 Å². The number of piperidine rings is 1. The molecule has 0 spiro atoms. The molecule has 0 saturated carbocycles. The fraction of sp³-hybridized carbons (Fsp3) is 0.429. The summed E-state index contributed by atoms with van der Waals surface area (Å²) in [5.41, 5.74) is 1.99. The maximum atomic E-state index is 11.8. The molecule has 0 bridgehead atoms. The van der Waals surface area contributed by atoms with Crippen molar-refractivity contribution in [1.29, 1.82) is 0 Å². The normalized spacial score (nSPS) is 18.9. The number of amides is 2. The van der Waals surface area contributed by atoms with Crippen LogP contribution in [0, 0.1) is 0 Å². The number of benzene rings is 1. The van der Waals surface area contributed by atoms with Gasteiger partial charge in [-0.15, -0.1) is 0 Å². The third kappa shape index (κ3) is 3.05. The highest BCUT2D eigenvalue weighted by atomic mass is 16.2. The molecule has 1 heterocycles. The number of likely N-dealkylation sites (N-methyl/N-ethyl adjacent to an activating group) is 1. The van der Waals surface area contributed by atoms with E-state index in [-0.39, 0.29) is 17.9 Å². The van der Waals surface area contributed by atoms with Crippen molar-refractivity contribution in [1.82, 2.24) is 5.32 Å². The molecule has 2 amide bonds. The topological polar surface area (TPSA) is 61.4 Å². The molecule has 1 atom stereocenters. The number of nitrogens with zero attached hydrogens (tertiary/aromatic N) is 1. The first-order valence-electron chi connectivity index (χ1n) is 6.52. The minimum atomic E-state index is -0.283. The Labute approximate surface area is 113 Å². The Balaban J connectivity index is 2.14. The van der Waals surface area contributed by atoms with Gasteiger partial charge in [0.2, 0.25) is 11.8 Å². The summed E-state index contributed by atoms with van der Waals surface area (Å²) in [6, 6.07) is 7.63. The quantitative estimate of drug-likeness (QED) is 0.803. The fourth-order valence-electron chi connectivity index (χ4n) is 2.27. The number of nitrogens with one attached hydrogen (secondary N) is 2. The third-order valence-electron chi connectivity index (χ3n) is 3.31. The number of rotatable bonds is 4. The minimum Gasteiger partial charge on any atom is -0.385 e. The van der Waals surface area contributed by atoms with Crippen LogP contribution in [0.3, 0.4) is 0 Å². The van der Waals surface area contributed by atoms with Crippen LogP contribution in [0.25, 0.3) is 0 Å². The molecule has 2 N–H and O–H groups in total. The predicted molar refractivity (Wildman–Crippen MR) is 75.2 cm³/mol. The molecular weight excluding hydrogens is 242 g/mol. The lowest BCUT2D eigenvalue weighted by molar-refractivity contribution is -0.134. The number of hydrogen-bond donors (Lipinski definition) is 2. The first-order chi connectivity index (χ1) is 9.11. The lowest BCUT2D eigenvalue weighted by Gasteiger charge is -2.31. The highest BCUT2D eigenvalue weighted by Crippen LogP contribution is 2.22. The van der Waals surface area contributed by atoms with E-state index in [4.69, 9.17) is 0 Å². The van der Waals surface area contributed by atoms with Gasteiger partial charge in [-0.2, -0.15) is 0 Å². The molecule has 19 heavy (non-hydrogen) atoms. The molecule has 1 fully saturated rings. The van der Waals surface area contributed by atoms with Gasteiger partial charge in [0.1, 0.15) is 6.04 Å². The molecule has 5 heteroatoms. The van der Waals surface area contributed by atoms with Crippen LogP contribution in [-0.4, -0.2) is 31.4 Å². The van der Waals surface area contributed by atoms with Crippen LogP contribution < -0.4 is 15.5 Å². The largest absolute Gasteiger partial charge is 0.385 e. The molecule has 1 aliphatic rings. The molecule has 1 aromatic carbocycles. The van der Waals surface area contributed by atoms with E-state index < -0.39 is 0 Å². The number of carbonyl (C=O) groups is 2. The molecule has 0 radical (unpaired) electrons. The molecule has 1 saturated heterocycles. The Morgan fingerprint density at radius 1 is 1.42 bits per heavy atom. The smallest absolute Gasteiger partial charge is 0.249 e. The van der Waals surface area contributed by atoms with Crippen molar-refractivity contribution >= 4 is 23.2 Å². The van der Waals surface area contributed by atoms with Gasteiger partial charge >= 0.3 is 0 Å². The van der Waals surface area contributed by atoms with E-state index in [2.05, 4.69) is 10.6 Å². The van der Waals surface area contributed by atoms with Gasteiger partial charge in [0.05, 0.1) is 0 Å². The van der Waals surface area contributed by atoms with Crippen molar-refractivity contribution in [2.75, 3.05) is 23.8 Å². The summed E-state index contributed by atoms with van der Waals surface area (Å²) in [5, 5.41) is 5.63. The molecule has 2 rings (SSSR count). The van der Waals surface area contributed by atoms with Crippen LogP contribution in [0.2, 0.25) is 0 Å². The van der Waals surface area contributed by atoms with Crippen molar-refractivity contribution in [2.45, 2.75) is 25.8 Å². The predicted octanol–water partition coefficient (Wildman–Crippen LogP) is 1.36. The summed E-state index contributed by atoms with van der Waals surface area (Å²) in [6.45, 7) is 2.89. The fourth-order valence-corrected chi connectivity index (χ4v) is 2.27. The van der Waals surface area contributed by atoms with Gasteiger partial charge in [0, 0.05) is 31.4 Å². The Kier molecular flexibility index (Phi) is 4.04. The van der Waals surface area contributed by atoms with Crippen LogP contribution in [0.5, 0.6) is 0 Å². The van der Waals surface area contributed by atoms with Crippen LogP contribution in [0.4, 0.5) is 11.4 Å². The van der Waals surface area contributed by atoms with E-state index >= 15 is 0 Å². The van der Waals surface area contributed by atoms with Gasteiger partial charge in [-0.25, -0.2) is 0 Å². The molecule has 0 aromatic heterocycles. The summed E-state index contributed by atoms with van der Waals surface area (Å²) in [6.07, 6.45) is 0.959. The van der Waals surface area contributed by atoms with Crippen molar-refractivity contribution in [3.8, 4) is 0 Å². The highest BCUT2D eigenvalue weighted by Gasteiger charge is 2.29. The van der Waals surface area contributed by atoms with Crippen LogP contribution in [-0.2, 0) is 9.59 Å². The minimum absolute atomic E-state index is 0.184. The second-order valence-electron chi connectivity index (χ2n) is 4.66. The molecule has 1 aliphatic heterocycles. The lowest BCUT2D eigenvalue weighted by atomic mass is 10.0. The Bertz CT molecular complexity index is 487. The number of imide groups is 1. The maximum absolute atomic E-state index is 11.8. The van der Waals surface area contributed by atoms with E-state index in [1.165, 1.54) is 0 Å². The van der Waals surface area contributed by atoms with E-state index in [1.54, 1.807) is 0 Å². The lowest BCUT2D eigenvalue weighted by Crippen LogP contribution is -2.51. The van der Waals surface area contributed by atoms with Gasteiger partial charge < -0.3 is 10.2 Å². The summed E-state index contributed by atoms with van der Waals surface area (Å²) < 4.78 is 0. The van der Waals surface area contributed by atoms with Crippen LogP contribution in [0.1, 0.15) is 19.8 Å². The molecule has 1 aromatic rings. The number of anilines is 2. The molecule has 0 aliphatic carbocycles. The molecule has 1 unspecified atom stereocenters. The zero-order valence-electron chi connectivity index (χ0n) is 11.3. The number of carbonyl (C=O) groups excluding carboxylic acids is 2. The Hall–Kier alpha value is -2.04. The van der Waals surface area contributed by atoms with Gasteiger partial charge in [-0.3, -0.25) is 14.9 Å². The second-order valence-corrected chi connectivity index (χ2v) is 4.66. The second kappa shape index (κ2) is 5.73. The van der Waals surface area contributed by atoms with E-state index in [0.29, 0.717) is 12.8 Å². The first-order valence-corrected chi connectivity index (χ1v) is 6.52. The zero-order chi connectivity index (χ0) is 13.8. The first kappa shape index (κ1) is 13.4. The SMILES string of the molecule is CCNc1cccc(N(C)C2CCC(=O)NC2=O)c1. The van der Waals surface area contributed by atoms with Gasteiger partial charge in [-0.05, 0) is 31.5 Å². The average molecular weight is 261 g/mol. The van der Waals surface area contributed by atoms with E-state index in [0.717, 1.165) is 17.9 Å². The van der Waals surface area contributed by atoms with Gasteiger partial charge in [0.15, 0.2) is 0 Å². The highest BCUT2D eigenvalue weighted by molar-refractivity contribution is 6.01. The monoisotopic (exact) mass is 261 g/mol. The van der Waals surface area contributed by atoms with Crippen LogP contribution in [0.15, 0.2) is 24.3 Å². The van der Waals surface area contributed by atoms with Crippen molar-refractivity contribution in [2.24, 2.45) is 0 Å². The van der Waals surface area contributed by atoms with E-state index in [1.807, 2.05) is 43.1 Å². The summed E-state index contributed by atoms with van der Waals surface area (Å²) >= 11 is 0. The Morgan fingerprint density at radius 3 is 2.89 bits per heavy atom. The molecule has 102 valence electrons. The maximum Gasteiger partial charge on any atom is 0.249 e. The number of hydrogen-bond acceptors (Lipinski definition) is 4. The average Bonchev–Trinajstić information content (AvgIpc) is 2.39. The molecular formula is C14H19N3O2. The van der Waals surface area contributed by atoms with Gasteiger partial charge in [-0.1, -0.05) is 6.07 Å². The van der Waals surface area contributed by atoms with Crippen molar-refractivity contribution in [3.63, 3.8) is 0 Å². The van der Waals surface area contributed by atoms with E-state index in [9.17, 15) is 9.59 Å². The summed E-state index contributed by atoms with van der Waals surface area (Å²) in [5.74, 6) is -0.399. The van der Waals surface area contributed by atoms with Crippen LogP contribution >= 0.6 is 0 Å². The zero-order valence-corrected chi connectivity index (χ0v) is 11.3. The molecule has 5 nitrogen and oxygen atoms in total. The van der Waals surface area contributed by atoms with Gasteiger partial charge in [0.25, 0.3) is 0 Å². The van der Waals surface area contributed by atoms with Crippen molar-refractivity contribution in [3.05, 3.63) is 24.3 Å². The Morgan fingerprint density at radius 2 is 2.21 bits per heavy atom. The summed E-state index contributed by atoms with van der Waals surface area (Å²) in [4.78, 5) is 24.9.